The van der Waals surface area contributed by atoms with E-state index in [0.29, 0.717) is 5.75 Å². The Hall–Kier alpha value is -2.14. The lowest BCUT2D eigenvalue weighted by atomic mass is 10.2. The molecule has 2 aromatic rings. The summed E-state index contributed by atoms with van der Waals surface area (Å²) in [7, 11) is 0. The van der Waals surface area contributed by atoms with E-state index in [1.807, 2.05) is 0 Å². The molecule has 1 amide bonds. The van der Waals surface area contributed by atoms with Gasteiger partial charge in [0.25, 0.3) is 5.91 Å². The molecule has 0 bridgehead atoms. The van der Waals surface area contributed by atoms with Crippen molar-refractivity contribution < 1.29 is 13.9 Å². The molecule has 0 spiro atoms. The van der Waals surface area contributed by atoms with Crippen LogP contribution in [-0.2, 0) is 0 Å². The molecule has 1 aromatic heterocycles. The third kappa shape index (κ3) is 3.18. The number of carbonyl (C=O) groups is 1. The van der Waals surface area contributed by atoms with Crippen LogP contribution < -0.4 is 10.5 Å². The normalized spacial score (nSPS) is 9.39. The number of rotatable bonds is 3. The van der Waals surface area contributed by atoms with Gasteiger partial charge in [-0.2, -0.15) is 0 Å². The predicted octanol–water partition coefficient (Wildman–Crippen LogP) is 2.53. The zero-order valence-electron chi connectivity index (χ0n) is 9.17. The number of amides is 1. The van der Waals surface area contributed by atoms with Crippen molar-refractivity contribution in [2.24, 2.45) is 5.73 Å². The van der Waals surface area contributed by atoms with Crippen molar-refractivity contribution in [3.8, 4) is 11.6 Å². The topological polar surface area (TPSA) is 65.2 Å². The van der Waals surface area contributed by atoms with E-state index in [-0.39, 0.29) is 29.7 Å². The van der Waals surface area contributed by atoms with Gasteiger partial charge in [-0.25, -0.2) is 9.37 Å². The molecule has 0 aliphatic carbocycles. The van der Waals surface area contributed by atoms with E-state index in [1.165, 1.54) is 36.5 Å². The molecule has 0 saturated carbocycles. The van der Waals surface area contributed by atoms with Gasteiger partial charge in [0, 0.05) is 6.20 Å². The van der Waals surface area contributed by atoms with Gasteiger partial charge < -0.3 is 10.5 Å². The molecule has 0 saturated heterocycles. The lowest BCUT2D eigenvalue weighted by Crippen LogP contribution is -2.12. The number of nitrogens with two attached hydrogens (primary N) is 1. The molecule has 4 nitrogen and oxygen atoms in total. The molecule has 0 atom stereocenters. The van der Waals surface area contributed by atoms with Crippen molar-refractivity contribution in [2.45, 2.75) is 0 Å². The Kier molecular flexibility index (Phi) is 4.62. The first-order valence-electron chi connectivity index (χ1n) is 4.85. The van der Waals surface area contributed by atoms with Crippen molar-refractivity contribution >= 4 is 18.3 Å². The number of primary amides is 1. The predicted molar refractivity (Wildman–Crippen MR) is 66.5 cm³/mol. The summed E-state index contributed by atoms with van der Waals surface area (Å²) in [5, 5.41) is 0. The standard InChI is InChI=1S/C12H9FN2O2.ClH/c13-8-3-5-9(6-4-8)17-12-10(11(14)16)2-1-7-15-12;/h1-7H,(H2,14,16);1H. The van der Waals surface area contributed by atoms with Crippen molar-refractivity contribution in [2.75, 3.05) is 0 Å². The molecule has 1 heterocycles. The second-order valence-corrected chi connectivity index (χ2v) is 3.28. The number of benzene rings is 1. The zero-order chi connectivity index (χ0) is 12.3. The average Bonchev–Trinajstić information content (AvgIpc) is 2.32. The highest BCUT2D eigenvalue weighted by atomic mass is 35.5. The van der Waals surface area contributed by atoms with Crippen LogP contribution >= 0.6 is 12.4 Å². The number of hydrogen-bond donors (Lipinski definition) is 1. The van der Waals surface area contributed by atoms with E-state index < -0.39 is 5.91 Å². The van der Waals surface area contributed by atoms with Gasteiger partial charge in [-0.05, 0) is 36.4 Å². The van der Waals surface area contributed by atoms with E-state index in [2.05, 4.69) is 4.98 Å². The van der Waals surface area contributed by atoms with Crippen LogP contribution in [0.25, 0.3) is 0 Å². The molecule has 2 N–H and O–H groups in total. The third-order valence-corrected chi connectivity index (χ3v) is 2.06. The maximum absolute atomic E-state index is 12.7. The first-order chi connectivity index (χ1) is 8.16. The minimum Gasteiger partial charge on any atom is -0.438 e. The fourth-order valence-corrected chi connectivity index (χ4v) is 1.27. The molecule has 94 valence electrons. The molecule has 0 aliphatic rings. The first-order valence-corrected chi connectivity index (χ1v) is 4.85. The van der Waals surface area contributed by atoms with Gasteiger partial charge in [0.05, 0.1) is 0 Å². The Labute approximate surface area is 109 Å². The summed E-state index contributed by atoms with van der Waals surface area (Å²) in [6.07, 6.45) is 1.48. The second-order valence-electron chi connectivity index (χ2n) is 3.28. The van der Waals surface area contributed by atoms with E-state index in [1.54, 1.807) is 6.07 Å². The van der Waals surface area contributed by atoms with Crippen molar-refractivity contribution in [3.05, 3.63) is 54.0 Å². The second kappa shape index (κ2) is 5.97. The number of pyridine rings is 1. The van der Waals surface area contributed by atoms with E-state index in [9.17, 15) is 9.18 Å². The van der Waals surface area contributed by atoms with Gasteiger partial charge in [-0.1, -0.05) is 0 Å². The largest absolute Gasteiger partial charge is 0.438 e. The Balaban J connectivity index is 0.00000162. The molecule has 18 heavy (non-hydrogen) atoms. The lowest BCUT2D eigenvalue weighted by molar-refractivity contribution is 0.0997. The third-order valence-electron chi connectivity index (χ3n) is 2.06. The maximum atomic E-state index is 12.7. The fourth-order valence-electron chi connectivity index (χ4n) is 1.27. The van der Waals surface area contributed by atoms with Crippen LogP contribution in [0.1, 0.15) is 10.4 Å². The maximum Gasteiger partial charge on any atom is 0.254 e. The number of aromatic nitrogens is 1. The number of hydrogen-bond acceptors (Lipinski definition) is 3. The van der Waals surface area contributed by atoms with Crippen LogP contribution in [0.3, 0.4) is 0 Å². The molecule has 0 aliphatic heterocycles. The molecule has 0 unspecified atom stereocenters. The van der Waals surface area contributed by atoms with Crippen LogP contribution in [0.4, 0.5) is 4.39 Å². The van der Waals surface area contributed by atoms with Crippen molar-refractivity contribution in [1.29, 1.82) is 0 Å². The Morgan fingerprint density at radius 3 is 2.50 bits per heavy atom. The van der Waals surface area contributed by atoms with E-state index in [4.69, 9.17) is 10.5 Å². The number of nitrogens with zero attached hydrogens (tertiary/aromatic N) is 1. The molecule has 0 fully saturated rings. The lowest BCUT2D eigenvalue weighted by Gasteiger charge is -2.07. The van der Waals surface area contributed by atoms with Crippen molar-refractivity contribution in [3.63, 3.8) is 0 Å². The Morgan fingerprint density at radius 1 is 1.22 bits per heavy atom. The van der Waals surface area contributed by atoms with Crippen LogP contribution in [0, 0.1) is 5.82 Å². The van der Waals surface area contributed by atoms with E-state index >= 15 is 0 Å². The summed E-state index contributed by atoms with van der Waals surface area (Å²) in [5.41, 5.74) is 5.35. The van der Waals surface area contributed by atoms with Gasteiger partial charge >= 0.3 is 0 Å². The molecule has 0 radical (unpaired) electrons. The summed E-state index contributed by atoms with van der Waals surface area (Å²) in [4.78, 5) is 15.0. The minimum atomic E-state index is -0.629. The molecular weight excluding hydrogens is 259 g/mol. The summed E-state index contributed by atoms with van der Waals surface area (Å²) in [6.45, 7) is 0. The highest BCUT2D eigenvalue weighted by Crippen LogP contribution is 2.22. The van der Waals surface area contributed by atoms with Gasteiger partial charge in [-0.15, -0.1) is 12.4 Å². The monoisotopic (exact) mass is 268 g/mol. The van der Waals surface area contributed by atoms with Crippen molar-refractivity contribution in [1.82, 2.24) is 4.98 Å². The zero-order valence-corrected chi connectivity index (χ0v) is 9.99. The summed E-state index contributed by atoms with van der Waals surface area (Å²) in [5.74, 6) is -0.511. The summed E-state index contributed by atoms with van der Waals surface area (Å²) >= 11 is 0. The molecular formula is C12H10ClFN2O2. The van der Waals surface area contributed by atoms with Crippen LogP contribution in [-0.4, -0.2) is 10.9 Å². The number of halogens is 2. The van der Waals surface area contributed by atoms with Gasteiger partial charge in [-0.3, -0.25) is 4.79 Å². The smallest absolute Gasteiger partial charge is 0.254 e. The minimum absolute atomic E-state index is 0. The highest BCUT2D eigenvalue weighted by molar-refractivity contribution is 5.95. The number of carbonyl (C=O) groups excluding carboxylic acids is 1. The van der Waals surface area contributed by atoms with Gasteiger partial charge in [0.15, 0.2) is 0 Å². The number of ether oxygens (including phenoxy) is 1. The fraction of sp³-hybridized carbons (Fsp3) is 0. The molecule has 1 aromatic carbocycles. The Morgan fingerprint density at radius 2 is 1.89 bits per heavy atom. The quantitative estimate of drug-likeness (QED) is 0.930. The molecule has 6 heteroatoms. The van der Waals surface area contributed by atoms with Gasteiger partial charge in [0.1, 0.15) is 17.1 Å². The van der Waals surface area contributed by atoms with Gasteiger partial charge in [0.2, 0.25) is 5.88 Å². The van der Waals surface area contributed by atoms with Crippen LogP contribution in [0.2, 0.25) is 0 Å². The summed E-state index contributed by atoms with van der Waals surface area (Å²) < 4.78 is 18.0. The Bertz CT molecular complexity index is 546. The SMILES string of the molecule is Cl.NC(=O)c1cccnc1Oc1ccc(F)cc1. The van der Waals surface area contributed by atoms with Crippen LogP contribution in [0.5, 0.6) is 11.6 Å². The molecule has 2 rings (SSSR count). The van der Waals surface area contributed by atoms with E-state index in [0.717, 1.165) is 0 Å². The van der Waals surface area contributed by atoms with Crippen LogP contribution in [0.15, 0.2) is 42.6 Å². The summed E-state index contributed by atoms with van der Waals surface area (Å²) in [6, 6.07) is 8.47. The highest BCUT2D eigenvalue weighted by Gasteiger charge is 2.10. The first kappa shape index (κ1) is 13.9. The average molecular weight is 269 g/mol.